The van der Waals surface area contributed by atoms with Crippen molar-refractivity contribution in [2.45, 2.75) is 71.4 Å². The SMILES string of the molecule is CCCCC(N)(CC)CCOC(C)C. The van der Waals surface area contributed by atoms with Crippen LogP contribution in [0.25, 0.3) is 0 Å². The van der Waals surface area contributed by atoms with E-state index in [1.807, 2.05) is 0 Å². The Balaban J connectivity index is 3.74. The second-order valence-corrected chi connectivity index (χ2v) is 4.49. The Labute approximate surface area is 89.2 Å². The van der Waals surface area contributed by atoms with Crippen molar-refractivity contribution in [1.82, 2.24) is 0 Å². The van der Waals surface area contributed by atoms with Crippen LogP contribution < -0.4 is 5.73 Å². The minimum atomic E-state index is 0.00486. The van der Waals surface area contributed by atoms with Gasteiger partial charge in [-0.3, -0.25) is 0 Å². The molecule has 0 bridgehead atoms. The zero-order chi connectivity index (χ0) is 11.0. The molecule has 0 saturated heterocycles. The molecule has 0 aromatic rings. The number of hydrogen-bond acceptors (Lipinski definition) is 2. The normalized spacial score (nSPS) is 15.9. The molecule has 1 atom stereocenters. The van der Waals surface area contributed by atoms with E-state index in [0.29, 0.717) is 6.10 Å². The summed E-state index contributed by atoms with van der Waals surface area (Å²) in [6.45, 7) is 9.31. The van der Waals surface area contributed by atoms with Crippen molar-refractivity contribution in [2.75, 3.05) is 6.61 Å². The molecule has 0 aromatic heterocycles. The van der Waals surface area contributed by atoms with Gasteiger partial charge in [0.25, 0.3) is 0 Å². The Kier molecular flexibility index (Phi) is 7.20. The van der Waals surface area contributed by atoms with E-state index in [0.717, 1.165) is 25.9 Å². The number of rotatable bonds is 8. The maximum Gasteiger partial charge on any atom is 0.0518 e. The molecule has 0 saturated carbocycles. The lowest BCUT2D eigenvalue weighted by Gasteiger charge is -2.28. The van der Waals surface area contributed by atoms with Crippen LogP contribution in [0.1, 0.15) is 59.8 Å². The third-order valence-corrected chi connectivity index (χ3v) is 2.78. The molecule has 0 amide bonds. The molecular weight excluding hydrogens is 174 g/mol. The fraction of sp³-hybridized carbons (Fsp3) is 1.00. The maximum absolute atomic E-state index is 6.29. The highest BCUT2D eigenvalue weighted by Gasteiger charge is 2.21. The summed E-state index contributed by atoms with van der Waals surface area (Å²) in [4.78, 5) is 0. The molecule has 0 aliphatic heterocycles. The molecular formula is C12H27NO. The smallest absolute Gasteiger partial charge is 0.0518 e. The summed E-state index contributed by atoms with van der Waals surface area (Å²) in [5.74, 6) is 0. The van der Waals surface area contributed by atoms with E-state index in [2.05, 4.69) is 27.7 Å². The van der Waals surface area contributed by atoms with E-state index >= 15 is 0 Å². The first-order chi connectivity index (χ1) is 6.54. The molecule has 2 nitrogen and oxygen atoms in total. The quantitative estimate of drug-likeness (QED) is 0.655. The van der Waals surface area contributed by atoms with Crippen molar-refractivity contribution in [2.24, 2.45) is 5.73 Å². The second-order valence-electron chi connectivity index (χ2n) is 4.49. The molecule has 0 aromatic carbocycles. The lowest BCUT2D eigenvalue weighted by atomic mass is 9.88. The van der Waals surface area contributed by atoms with E-state index in [9.17, 15) is 0 Å². The first-order valence-corrected chi connectivity index (χ1v) is 5.94. The first kappa shape index (κ1) is 13.9. The summed E-state index contributed by atoms with van der Waals surface area (Å²) in [7, 11) is 0. The molecule has 0 aliphatic rings. The molecule has 0 rings (SSSR count). The van der Waals surface area contributed by atoms with Gasteiger partial charge in [0.1, 0.15) is 0 Å². The topological polar surface area (TPSA) is 35.2 Å². The zero-order valence-electron chi connectivity index (χ0n) is 10.3. The molecule has 0 radical (unpaired) electrons. The van der Waals surface area contributed by atoms with Gasteiger partial charge in [0.2, 0.25) is 0 Å². The number of hydrogen-bond donors (Lipinski definition) is 1. The number of nitrogens with two attached hydrogens (primary N) is 1. The molecule has 2 N–H and O–H groups in total. The Morgan fingerprint density at radius 1 is 1.21 bits per heavy atom. The second kappa shape index (κ2) is 7.24. The van der Waals surface area contributed by atoms with Crippen molar-refractivity contribution in [1.29, 1.82) is 0 Å². The average molecular weight is 201 g/mol. The highest BCUT2D eigenvalue weighted by Crippen LogP contribution is 2.19. The molecule has 0 spiro atoms. The Hall–Kier alpha value is -0.0800. The van der Waals surface area contributed by atoms with Gasteiger partial charge in [0, 0.05) is 12.1 Å². The van der Waals surface area contributed by atoms with Gasteiger partial charge in [0.05, 0.1) is 6.10 Å². The third kappa shape index (κ3) is 6.39. The van der Waals surface area contributed by atoms with Crippen molar-refractivity contribution in [3.63, 3.8) is 0 Å². The van der Waals surface area contributed by atoms with Crippen LogP contribution >= 0.6 is 0 Å². The monoisotopic (exact) mass is 201 g/mol. The van der Waals surface area contributed by atoms with Crippen LogP contribution in [0.5, 0.6) is 0 Å². The van der Waals surface area contributed by atoms with Crippen LogP contribution in [0.2, 0.25) is 0 Å². The summed E-state index contributed by atoms with van der Waals surface area (Å²) < 4.78 is 5.54. The summed E-state index contributed by atoms with van der Waals surface area (Å²) in [5.41, 5.74) is 6.29. The van der Waals surface area contributed by atoms with Crippen LogP contribution in [-0.4, -0.2) is 18.2 Å². The predicted molar refractivity (Wildman–Crippen MR) is 62.4 cm³/mol. The van der Waals surface area contributed by atoms with Gasteiger partial charge >= 0.3 is 0 Å². The fourth-order valence-corrected chi connectivity index (χ4v) is 1.51. The molecule has 0 aliphatic carbocycles. The van der Waals surface area contributed by atoms with E-state index in [-0.39, 0.29) is 5.54 Å². The Morgan fingerprint density at radius 2 is 1.86 bits per heavy atom. The average Bonchev–Trinajstić information content (AvgIpc) is 2.14. The van der Waals surface area contributed by atoms with Crippen LogP contribution in [0, 0.1) is 0 Å². The molecule has 2 heteroatoms. The summed E-state index contributed by atoms with van der Waals surface area (Å²) in [5, 5.41) is 0. The number of ether oxygens (including phenoxy) is 1. The highest BCUT2D eigenvalue weighted by molar-refractivity contribution is 4.82. The highest BCUT2D eigenvalue weighted by atomic mass is 16.5. The largest absolute Gasteiger partial charge is 0.379 e. The van der Waals surface area contributed by atoms with E-state index in [4.69, 9.17) is 10.5 Å². The van der Waals surface area contributed by atoms with E-state index in [1.165, 1.54) is 12.8 Å². The summed E-state index contributed by atoms with van der Waals surface area (Å²) in [6.07, 6.45) is 5.94. The lowest BCUT2D eigenvalue weighted by Crippen LogP contribution is -2.40. The van der Waals surface area contributed by atoms with Gasteiger partial charge in [0.15, 0.2) is 0 Å². The standard InChI is InChI=1S/C12H27NO/c1-5-7-8-12(13,6-2)9-10-14-11(3)4/h11H,5-10,13H2,1-4H3. The number of unbranched alkanes of at least 4 members (excludes halogenated alkanes) is 1. The van der Waals surface area contributed by atoms with Gasteiger partial charge in [-0.05, 0) is 33.1 Å². The fourth-order valence-electron chi connectivity index (χ4n) is 1.51. The lowest BCUT2D eigenvalue weighted by molar-refractivity contribution is 0.0626. The van der Waals surface area contributed by atoms with Crippen LogP contribution in [0.3, 0.4) is 0 Å². The van der Waals surface area contributed by atoms with Crippen LogP contribution in [0.4, 0.5) is 0 Å². The van der Waals surface area contributed by atoms with E-state index in [1.54, 1.807) is 0 Å². The van der Waals surface area contributed by atoms with Crippen molar-refractivity contribution >= 4 is 0 Å². The molecule has 14 heavy (non-hydrogen) atoms. The predicted octanol–water partition coefficient (Wildman–Crippen LogP) is 3.10. The van der Waals surface area contributed by atoms with Gasteiger partial charge < -0.3 is 10.5 Å². The maximum atomic E-state index is 6.29. The van der Waals surface area contributed by atoms with Crippen LogP contribution in [0.15, 0.2) is 0 Å². The van der Waals surface area contributed by atoms with Gasteiger partial charge in [-0.15, -0.1) is 0 Å². The Bertz CT molecular complexity index is 136. The molecule has 0 fully saturated rings. The van der Waals surface area contributed by atoms with Crippen molar-refractivity contribution < 1.29 is 4.74 Å². The molecule has 86 valence electrons. The summed E-state index contributed by atoms with van der Waals surface area (Å²) in [6, 6.07) is 0. The minimum Gasteiger partial charge on any atom is -0.379 e. The first-order valence-electron chi connectivity index (χ1n) is 5.94. The van der Waals surface area contributed by atoms with Gasteiger partial charge in [-0.25, -0.2) is 0 Å². The van der Waals surface area contributed by atoms with Gasteiger partial charge in [-0.2, -0.15) is 0 Å². The molecule has 1 unspecified atom stereocenters. The van der Waals surface area contributed by atoms with Gasteiger partial charge in [-0.1, -0.05) is 26.7 Å². The molecule has 0 heterocycles. The zero-order valence-corrected chi connectivity index (χ0v) is 10.3. The minimum absolute atomic E-state index is 0.00486. The van der Waals surface area contributed by atoms with Crippen molar-refractivity contribution in [3.05, 3.63) is 0 Å². The Morgan fingerprint density at radius 3 is 2.29 bits per heavy atom. The van der Waals surface area contributed by atoms with Crippen LogP contribution in [-0.2, 0) is 4.74 Å². The van der Waals surface area contributed by atoms with E-state index < -0.39 is 0 Å². The summed E-state index contributed by atoms with van der Waals surface area (Å²) >= 11 is 0. The van der Waals surface area contributed by atoms with Crippen molar-refractivity contribution in [3.8, 4) is 0 Å². The third-order valence-electron chi connectivity index (χ3n) is 2.78.